The van der Waals surface area contributed by atoms with E-state index in [0.717, 1.165) is 42.9 Å². The minimum absolute atomic E-state index is 0.147. The van der Waals surface area contributed by atoms with Gasteiger partial charge in [0, 0.05) is 77.1 Å². The Labute approximate surface area is 310 Å². The lowest BCUT2D eigenvalue weighted by Crippen LogP contribution is -2.57. The maximum Gasteiger partial charge on any atom is 0.416 e. The van der Waals surface area contributed by atoms with Gasteiger partial charge in [-0.3, -0.25) is 14.5 Å². The molecule has 3 aliphatic heterocycles. The second-order valence-corrected chi connectivity index (χ2v) is 15.1. The molecule has 1 saturated carbocycles. The van der Waals surface area contributed by atoms with Crippen molar-refractivity contribution < 1.29 is 46.8 Å². The Morgan fingerprint density at radius 2 is 1.64 bits per heavy atom. The zero-order valence-corrected chi connectivity index (χ0v) is 31.3. The molecule has 1 N–H and O–H groups in total. The first-order valence-corrected chi connectivity index (χ1v) is 19.0. The summed E-state index contributed by atoms with van der Waals surface area (Å²) in [5.41, 5.74) is 0.179. The minimum atomic E-state index is -4.54. The van der Waals surface area contributed by atoms with Crippen LogP contribution in [0, 0.1) is 5.92 Å². The van der Waals surface area contributed by atoms with Crippen molar-refractivity contribution in [2.24, 2.45) is 5.92 Å². The van der Waals surface area contributed by atoms with Gasteiger partial charge in [0.15, 0.2) is 5.60 Å². The molecule has 1 amide bonds. The monoisotopic (exact) mass is 745 g/mol. The number of benzene rings is 2. The molecule has 2 aromatic rings. The standard InChI is InChI=1S/C40H54F3N3O7/c1-5-53-33-13-9-30(10-14-33)45-23-35(26-6-11-32(51-3)12-7-26)39(25-45,52-4)38(49)46-22-28(20-31(46)24-50-2)34-15-8-29(40(41,42)43)21-36(34)44-18-16-27(17-19-44)37(47)48/h6-8,11-12,15,21,27-28,30-31,33,35H,5,9-10,13-14,16-20,22-25H2,1-4H3,(H,47,48)/t28-,30?,31+,33?,35-,39-/m1/s1. The van der Waals surface area contributed by atoms with Gasteiger partial charge in [0.1, 0.15) is 5.75 Å². The number of rotatable bonds is 12. The van der Waals surface area contributed by atoms with E-state index in [9.17, 15) is 23.1 Å². The molecular weight excluding hydrogens is 691 g/mol. The molecule has 6 rings (SSSR count). The molecule has 13 heteroatoms. The highest BCUT2D eigenvalue weighted by molar-refractivity contribution is 5.88. The predicted molar refractivity (Wildman–Crippen MR) is 193 cm³/mol. The van der Waals surface area contributed by atoms with Gasteiger partial charge < -0.3 is 33.9 Å². The van der Waals surface area contributed by atoms with E-state index in [-0.39, 0.29) is 49.1 Å². The van der Waals surface area contributed by atoms with Gasteiger partial charge in [-0.15, -0.1) is 0 Å². The van der Waals surface area contributed by atoms with Crippen LogP contribution >= 0.6 is 0 Å². The Kier molecular flexibility index (Phi) is 12.3. The van der Waals surface area contributed by atoms with Crippen LogP contribution in [0.2, 0.25) is 0 Å². The number of carbonyl (C=O) groups is 2. The van der Waals surface area contributed by atoms with Gasteiger partial charge in [0.25, 0.3) is 5.91 Å². The number of carboxylic acids is 1. The van der Waals surface area contributed by atoms with Crippen LogP contribution in [0.25, 0.3) is 0 Å². The lowest BCUT2D eigenvalue weighted by molar-refractivity contribution is -0.157. The predicted octanol–water partition coefficient (Wildman–Crippen LogP) is 6.18. The van der Waals surface area contributed by atoms with Gasteiger partial charge in [-0.2, -0.15) is 13.2 Å². The van der Waals surface area contributed by atoms with Crippen LogP contribution in [0.4, 0.5) is 18.9 Å². The molecule has 4 aliphatic rings. The Hall–Kier alpha value is -3.39. The van der Waals surface area contributed by atoms with Gasteiger partial charge in [0.05, 0.1) is 37.3 Å². The second-order valence-electron chi connectivity index (χ2n) is 15.1. The molecule has 0 aromatic heterocycles. The molecule has 0 bridgehead atoms. The van der Waals surface area contributed by atoms with Crippen LogP contribution in [-0.2, 0) is 30.0 Å². The quantitative estimate of drug-likeness (QED) is 0.273. The van der Waals surface area contributed by atoms with E-state index in [1.54, 1.807) is 27.4 Å². The Bertz CT molecular complexity index is 1560. The molecule has 0 spiro atoms. The van der Waals surface area contributed by atoms with Gasteiger partial charge in [-0.25, -0.2) is 0 Å². The molecule has 1 aliphatic carbocycles. The van der Waals surface area contributed by atoms with Crippen molar-refractivity contribution in [1.29, 1.82) is 0 Å². The summed E-state index contributed by atoms with van der Waals surface area (Å²) in [5, 5.41) is 9.56. The fourth-order valence-electron chi connectivity index (χ4n) is 9.36. The second kappa shape index (κ2) is 16.5. The van der Waals surface area contributed by atoms with Gasteiger partial charge in [0.2, 0.25) is 0 Å². The van der Waals surface area contributed by atoms with Gasteiger partial charge >= 0.3 is 12.1 Å². The number of carbonyl (C=O) groups excluding carboxylic acids is 1. The number of halogens is 3. The van der Waals surface area contributed by atoms with Crippen molar-refractivity contribution in [1.82, 2.24) is 9.80 Å². The van der Waals surface area contributed by atoms with Crippen LogP contribution in [-0.4, -0.2) is 118 Å². The molecule has 3 heterocycles. The number of hydrogen-bond donors (Lipinski definition) is 1. The van der Waals surface area contributed by atoms with E-state index < -0.39 is 29.2 Å². The lowest BCUT2D eigenvalue weighted by atomic mass is 9.83. The number of likely N-dealkylation sites (tertiary alicyclic amines) is 2. The third kappa shape index (κ3) is 8.18. The zero-order chi connectivity index (χ0) is 37.9. The fraction of sp³-hybridized carbons (Fsp3) is 0.650. The molecule has 53 heavy (non-hydrogen) atoms. The number of ether oxygens (including phenoxy) is 4. The first-order valence-electron chi connectivity index (χ1n) is 19.0. The van der Waals surface area contributed by atoms with Gasteiger partial charge in [-0.1, -0.05) is 18.2 Å². The van der Waals surface area contributed by atoms with Crippen molar-refractivity contribution >= 4 is 17.6 Å². The third-order valence-electron chi connectivity index (χ3n) is 12.2. The number of amides is 1. The third-order valence-corrected chi connectivity index (χ3v) is 12.2. The summed E-state index contributed by atoms with van der Waals surface area (Å²) < 4.78 is 65.6. The number of hydrogen-bond acceptors (Lipinski definition) is 8. The van der Waals surface area contributed by atoms with Crippen molar-refractivity contribution in [3.63, 3.8) is 0 Å². The van der Waals surface area contributed by atoms with Crippen molar-refractivity contribution in [3.8, 4) is 5.75 Å². The van der Waals surface area contributed by atoms with Crippen LogP contribution in [0.3, 0.4) is 0 Å². The average Bonchev–Trinajstić information content (AvgIpc) is 3.77. The van der Waals surface area contributed by atoms with E-state index in [1.165, 1.54) is 6.07 Å². The Morgan fingerprint density at radius 3 is 2.23 bits per heavy atom. The van der Waals surface area contributed by atoms with E-state index >= 15 is 4.79 Å². The summed E-state index contributed by atoms with van der Waals surface area (Å²) in [6.07, 6.45) is 0.757. The highest BCUT2D eigenvalue weighted by atomic mass is 19.4. The molecule has 0 unspecified atom stereocenters. The number of piperidine rings is 1. The number of nitrogens with zero attached hydrogens (tertiary/aromatic N) is 3. The van der Waals surface area contributed by atoms with Gasteiger partial charge in [-0.05, 0) is 87.3 Å². The average molecular weight is 746 g/mol. The first-order chi connectivity index (χ1) is 25.4. The molecule has 2 aromatic carbocycles. The maximum absolute atomic E-state index is 15.3. The largest absolute Gasteiger partial charge is 0.497 e. The molecule has 292 valence electrons. The Morgan fingerprint density at radius 1 is 0.943 bits per heavy atom. The van der Waals surface area contributed by atoms with Crippen LogP contribution in [0.15, 0.2) is 42.5 Å². The maximum atomic E-state index is 15.3. The molecule has 4 fully saturated rings. The Balaban J connectivity index is 1.32. The fourth-order valence-corrected chi connectivity index (χ4v) is 9.36. The molecule has 3 saturated heterocycles. The highest BCUT2D eigenvalue weighted by Crippen LogP contribution is 2.47. The van der Waals surface area contributed by atoms with Crippen molar-refractivity contribution in [2.75, 3.05) is 72.2 Å². The van der Waals surface area contributed by atoms with Crippen LogP contribution in [0.1, 0.15) is 80.4 Å². The topological polar surface area (TPSA) is 101 Å². The molecule has 10 nitrogen and oxygen atoms in total. The number of carboxylic acid groups (broad SMARTS) is 1. The lowest BCUT2D eigenvalue weighted by Gasteiger charge is -2.39. The summed E-state index contributed by atoms with van der Waals surface area (Å²) in [5.74, 6) is -1.39. The first kappa shape index (κ1) is 39.3. The van der Waals surface area contributed by atoms with E-state index in [4.69, 9.17) is 18.9 Å². The summed E-state index contributed by atoms with van der Waals surface area (Å²) in [4.78, 5) is 33.1. The van der Waals surface area contributed by atoms with Crippen LogP contribution < -0.4 is 9.64 Å². The van der Waals surface area contributed by atoms with E-state index in [0.29, 0.717) is 63.5 Å². The minimum Gasteiger partial charge on any atom is -0.497 e. The van der Waals surface area contributed by atoms with Crippen molar-refractivity contribution in [3.05, 3.63) is 59.2 Å². The summed E-state index contributed by atoms with van der Waals surface area (Å²) in [6.45, 7) is 4.98. The number of methoxy groups -OCH3 is 3. The summed E-state index contributed by atoms with van der Waals surface area (Å²) in [6, 6.07) is 11.6. The highest BCUT2D eigenvalue weighted by Gasteiger charge is 2.58. The van der Waals surface area contributed by atoms with Crippen molar-refractivity contribution in [2.45, 2.75) is 93.7 Å². The van der Waals surface area contributed by atoms with E-state index in [2.05, 4.69) is 4.90 Å². The molecule has 0 radical (unpaired) electrons. The van der Waals surface area contributed by atoms with Crippen LogP contribution in [0.5, 0.6) is 5.75 Å². The summed E-state index contributed by atoms with van der Waals surface area (Å²) in [7, 11) is 4.82. The van der Waals surface area contributed by atoms with E-state index in [1.807, 2.05) is 41.0 Å². The SMILES string of the molecule is CCOC1CCC(N2C[C@H](c3ccc(OC)cc3)[C@@](OC)(C(=O)N3C[C@H](c4ccc(C(F)(F)F)cc4N4CCC(C(=O)O)CC4)C[C@H]3COC)C2)CC1. The summed E-state index contributed by atoms with van der Waals surface area (Å²) >= 11 is 0. The smallest absolute Gasteiger partial charge is 0.416 e. The number of aliphatic carboxylic acids is 1. The number of anilines is 1. The number of alkyl halides is 3. The normalized spacial score (nSPS) is 28.8. The molecular formula is C40H54F3N3O7. The molecule has 4 atom stereocenters. The zero-order valence-electron chi connectivity index (χ0n) is 31.3.